The van der Waals surface area contributed by atoms with Crippen LogP contribution in [0.4, 0.5) is 13.2 Å². The summed E-state index contributed by atoms with van der Waals surface area (Å²) in [5, 5.41) is 19.7. The number of allylic oxidation sites excluding steroid dienone is 2. The predicted molar refractivity (Wildman–Crippen MR) is 99.8 cm³/mol. The maximum atomic E-state index is 14.8. The van der Waals surface area contributed by atoms with Gasteiger partial charge in [0, 0.05) is 34.9 Å². The topological polar surface area (TPSA) is 92.8 Å². The summed E-state index contributed by atoms with van der Waals surface area (Å²) in [7, 11) is 0. The second-order valence-electron chi connectivity index (χ2n) is 6.70. The monoisotopic (exact) mass is 405 g/mol. The molecule has 3 rings (SSSR count). The molecule has 152 valence electrons. The van der Waals surface area contributed by atoms with Crippen LogP contribution in [0.25, 0.3) is 5.57 Å². The molecule has 0 aliphatic heterocycles. The molecule has 0 bridgehead atoms. The van der Waals surface area contributed by atoms with E-state index in [4.69, 9.17) is 15.6 Å². The third kappa shape index (κ3) is 3.71. The number of carbonyl (C=O) groups is 1. The first-order valence-electron chi connectivity index (χ1n) is 8.65. The fourth-order valence-electron chi connectivity index (χ4n) is 3.10. The van der Waals surface area contributed by atoms with Gasteiger partial charge in [-0.3, -0.25) is 4.79 Å². The molecule has 8 heteroatoms. The van der Waals surface area contributed by atoms with E-state index in [0.29, 0.717) is 0 Å². The lowest BCUT2D eigenvalue weighted by Gasteiger charge is -2.27. The maximum absolute atomic E-state index is 14.8. The minimum absolute atomic E-state index is 0.0714. The Morgan fingerprint density at radius 2 is 1.90 bits per heavy atom. The van der Waals surface area contributed by atoms with Gasteiger partial charge in [0.25, 0.3) is 0 Å². The number of aliphatic hydroxyl groups is 1. The van der Waals surface area contributed by atoms with E-state index < -0.39 is 41.2 Å². The highest BCUT2D eigenvalue weighted by atomic mass is 19.1. The third-order valence-corrected chi connectivity index (χ3v) is 4.71. The zero-order valence-electron chi connectivity index (χ0n) is 15.4. The van der Waals surface area contributed by atoms with Gasteiger partial charge in [-0.05, 0) is 19.1 Å². The summed E-state index contributed by atoms with van der Waals surface area (Å²) in [6.07, 6.45) is 0.422. The fraction of sp³-hybridized carbons (Fsp3) is 0.190. The molecule has 1 unspecified atom stereocenters. The molecule has 0 radical (unpaired) electrons. The summed E-state index contributed by atoms with van der Waals surface area (Å²) in [4.78, 5) is 11.0. The summed E-state index contributed by atoms with van der Waals surface area (Å²) in [6, 6.07) is 7.48. The molecule has 29 heavy (non-hydrogen) atoms. The molecule has 4 N–H and O–H groups in total. The third-order valence-electron chi connectivity index (χ3n) is 4.71. The van der Waals surface area contributed by atoms with E-state index in [-0.39, 0.29) is 34.6 Å². The minimum atomic E-state index is -2.08. The van der Waals surface area contributed by atoms with Gasteiger partial charge in [-0.1, -0.05) is 24.3 Å². The van der Waals surface area contributed by atoms with Crippen molar-refractivity contribution in [1.29, 1.82) is 0 Å². The normalized spacial score (nSPS) is 18.7. The van der Waals surface area contributed by atoms with Gasteiger partial charge in [-0.25, -0.2) is 13.2 Å². The van der Waals surface area contributed by atoms with E-state index in [1.807, 2.05) is 0 Å². The molecular weight excluding hydrogens is 387 g/mol. The van der Waals surface area contributed by atoms with Gasteiger partial charge in [0.05, 0.1) is 6.42 Å². The lowest BCUT2D eigenvalue weighted by Crippen LogP contribution is -2.34. The van der Waals surface area contributed by atoms with Crippen molar-refractivity contribution >= 4 is 11.5 Å². The molecule has 2 aromatic rings. The Balaban J connectivity index is 2.07. The van der Waals surface area contributed by atoms with Crippen LogP contribution in [-0.2, 0) is 17.8 Å². The Morgan fingerprint density at radius 1 is 1.17 bits per heavy atom. The number of rotatable bonds is 6. The molecule has 0 spiro atoms. The van der Waals surface area contributed by atoms with Crippen LogP contribution >= 0.6 is 0 Å². The maximum Gasteiger partial charge on any atom is 0.307 e. The summed E-state index contributed by atoms with van der Waals surface area (Å²) < 4.78 is 48.7. The molecule has 1 atom stereocenters. The minimum Gasteiger partial charge on any atom is -0.507 e. The largest absolute Gasteiger partial charge is 0.507 e. The van der Waals surface area contributed by atoms with Gasteiger partial charge in [-0.15, -0.1) is 0 Å². The second kappa shape index (κ2) is 7.63. The first kappa shape index (κ1) is 20.5. The molecule has 2 aromatic carbocycles. The summed E-state index contributed by atoms with van der Waals surface area (Å²) in [6.45, 7) is 1.09. The summed E-state index contributed by atoms with van der Waals surface area (Å²) in [5.41, 5.74) is 3.46. The van der Waals surface area contributed by atoms with Gasteiger partial charge < -0.3 is 20.7 Å². The highest BCUT2D eigenvalue weighted by molar-refractivity contribution is 5.82. The highest BCUT2D eigenvalue weighted by Crippen LogP contribution is 2.43. The van der Waals surface area contributed by atoms with Crippen molar-refractivity contribution in [2.75, 3.05) is 0 Å². The van der Waals surface area contributed by atoms with Crippen molar-refractivity contribution in [3.63, 3.8) is 0 Å². The number of hydrogen-bond donors (Lipinski definition) is 3. The van der Waals surface area contributed by atoms with Gasteiger partial charge in [-0.2, -0.15) is 0 Å². The van der Waals surface area contributed by atoms with Crippen LogP contribution in [0.3, 0.4) is 0 Å². The average Bonchev–Trinajstić information content (AvgIpc) is 2.88. The molecule has 0 saturated carbocycles. The molecule has 0 amide bonds. The Labute approximate surface area is 164 Å². The van der Waals surface area contributed by atoms with Crippen molar-refractivity contribution in [2.24, 2.45) is 5.73 Å². The number of hydrogen-bond acceptors (Lipinski definition) is 4. The van der Waals surface area contributed by atoms with Crippen molar-refractivity contribution < 1.29 is 32.9 Å². The number of ether oxygens (including phenoxy) is 1. The number of halogens is 3. The van der Waals surface area contributed by atoms with Gasteiger partial charge >= 0.3 is 5.97 Å². The number of nitrogens with two attached hydrogens (primary N) is 1. The molecule has 0 saturated heterocycles. The number of aliphatic carboxylic acids is 1. The van der Waals surface area contributed by atoms with Gasteiger partial charge in [0.2, 0.25) is 5.60 Å². The Kier molecular flexibility index (Phi) is 5.39. The number of benzene rings is 2. The Bertz CT molecular complexity index is 1050. The first-order chi connectivity index (χ1) is 13.7. The van der Waals surface area contributed by atoms with Crippen LogP contribution in [0.2, 0.25) is 0 Å². The van der Waals surface area contributed by atoms with Gasteiger partial charge in [0.1, 0.15) is 17.4 Å². The SMILES string of the molecule is CC1(Oc2cc(F)ccc2CC(=O)O)C(F)=CC(c2cccc(CN)c2F)=C1O. The average molecular weight is 405 g/mol. The first-order valence-corrected chi connectivity index (χ1v) is 8.65. The van der Waals surface area contributed by atoms with Crippen LogP contribution < -0.4 is 10.5 Å². The quantitative estimate of drug-likeness (QED) is 0.675. The number of carboxylic acids is 1. The molecule has 1 aliphatic carbocycles. The van der Waals surface area contributed by atoms with Crippen LogP contribution in [0, 0.1) is 11.6 Å². The highest BCUT2D eigenvalue weighted by Gasteiger charge is 2.44. The Morgan fingerprint density at radius 3 is 2.55 bits per heavy atom. The van der Waals surface area contributed by atoms with E-state index >= 15 is 0 Å². The van der Waals surface area contributed by atoms with Crippen molar-refractivity contribution in [1.82, 2.24) is 0 Å². The lowest BCUT2D eigenvalue weighted by molar-refractivity contribution is -0.136. The van der Waals surface area contributed by atoms with E-state index in [1.165, 1.54) is 31.2 Å². The van der Waals surface area contributed by atoms with Gasteiger partial charge in [0.15, 0.2) is 11.6 Å². The lowest BCUT2D eigenvalue weighted by atomic mass is 9.99. The molecule has 1 aliphatic rings. The molecule has 0 fully saturated rings. The van der Waals surface area contributed by atoms with Crippen LogP contribution in [0.5, 0.6) is 5.75 Å². The molecule has 0 aromatic heterocycles. The zero-order valence-corrected chi connectivity index (χ0v) is 15.4. The Hall–Kier alpha value is -3.26. The van der Waals surface area contributed by atoms with Crippen molar-refractivity contribution in [2.45, 2.75) is 25.5 Å². The number of carboxylic acid groups (broad SMARTS) is 1. The van der Waals surface area contributed by atoms with Crippen molar-refractivity contribution in [3.05, 3.63) is 82.4 Å². The molecule has 0 heterocycles. The fourth-order valence-corrected chi connectivity index (χ4v) is 3.10. The number of aliphatic hydroxyl groups excluding tert-OH is 1. The van der Waals surface area contributed by atoms with Crippen LogP contribution in [0.1, 0.15) is 23.6 Å². The van der Waals surface area contributed by atoms with Crippen LogP contribution in [-0.4, -0.2) is 21.8 Å². The van der Waals surface area contributed by atoms with E-state index in [2.05, 4.69) is 0 Å². The zero-order chi connectivity index (χ0) is 21.3. The van der Waals surface area contributed by atoms with Crippen LogP contribution in [0.15, 0.2) is 54.1 Å². The standard InChI is InChI=1S/C21H18F3NO4/c1-21(29-16-8-13(22)6-5-11(16)7-18(26)27)17(23)9-15(20(21)28)14-4-2-3-12(10-25)19(14)24/h2-6,8-9,28H,7,10,25H2,1H3,(H,26,27). The summed E-state index contributed by atoms with van der Waals surface area (Å²) in [5.74, 6) is -4.47. The van der Waals surface area contributed by atoms with E-state index in [1.54, 1.807) is 0 Å². The van der Waals surface area contributed by atoms with Crippen molar-refractivity contribution in [3.8, 4) is 5.75 Å². The smallest absolute Gasteiger partial charge is 0.307 e. The summed E-state index contributed by atoms with van der Waals surface area (Å²) >= 11 is 0. The van der Waals surface area contributed by atoms with E-state index in [9.17, 15) is 23.1 Å². The predicted octanol–water partition coefficient (Wildman–Crippen LogP) is 4.02. The molecular formula is C21H18F3NO4. The second-order valence-corrected chi connectivity index (χ2v) is 6.70. The van der Waals surface area contributed by atoms with E-state index in [0.717, 1.165) is 18.2 Å². The molecule has 5 nitrogen and oxygen atoms in total.